The molecule has 4 aromatic rings. The number of nitrogens with zero attached hydrogens (tertiary/aromatic N) is 4. The first kappa shape index (κ1) is 18.5. The van der Waals surface area contributed by atoms with Gasteiger partial charge >= 0.3 is 0 Å². The maximum absolute atomic E-state index is 12.2. The van der Waals surface area contributed by atoms with Crippen molar-refractivity contribution in [1.29, 1.82) is 0 Å². The van der Waals surface area contributed by atoms with E-state index in [4.69, 9.17) is 4.98 Å². The maximum Gasteiger partial charge on any atom is 0.242 e. The summed E-state index contributed by atoms with van der Waals surface area (Å²) in [7, 11) is 0. The van der Waals surface area contributed by atoms with Gasteiger partial charge in [-0.2, -0.15) is 0 Å². The molecule has 0 saturated heterocycles. The molecule has 0 aliphatic heterocycles. The van der Waals surface area contributed by atoms with Crippen LogP contribution in [0.2, 0.25) is 0 Å². The molecule has 4 rings (SSSR count). The molecule has 0 aliphatic carbocycles. The Labute approximate surface area is 167 Å². The number of carbonyl (C=O) groups is 1. The number of amides is 1. The summed E-state index contributed by atoms with van der Waals surface area (Å²) in [6.45, 7) is 4.26. The van der Waals surface area contributed by atoms with Crippen LogP contribution in [0.25, 0.3) is 33.7 Å². The van der Waals surface area contributed by atoms with Crippen molar-refractivity contribution < 1.29 is 4.79 Å². The number of aromatic nitrogens is 5. The van der Waals surface area contributed by atoms with Crippen LogP contribution in [0.1, 0.15) is 13.8 Å². The number of carbonyl (C=O) groups excluding carboxylic acids is 1. The fraction of sp³-hybridized carbons (Fsp3) is 0.190. The van der Waals surface area contributed by atoms with Crippen LogP contribution in [0, 0.1) is 0 Å². The third-order valence-corrected chi connectivity index (χ3v) is 4.50. The zero-order valence-corrected chi connectivity index (χ0v) is 16.2. The number of rotatable bonds is 6. The lowest BCUT2D eigenvalue weighted by Gasteiger charge is -2.15. The van der Waals surface area contributed by atoms with E-state index in [2.05, 4.69) is 30.6 Å². The van der Waals surface area contributed by atoms with Crippen molar-refractivity contribution >= 4 is 22.8 Å². The summed E-state index contributed by atoms with van der Waals surface area (Å²) in [6.07, 6.45) is 5.04. The normalized spacial score (nSPS) is 11.9. The van der Waals surface area contributed by atoms with E-state index in [9.17, 15) is 4.79 Å². The molecule has 0 radical (unpaired) electrons. The van der Waals surface area contributed by atoms with Crippen molar-refractivity contribution in [3.05, 3.63) is 55.1 Å². The highest BCUT2D eigenvalue weighted by Crippen LogP contribution is 2.28. The van der Waals surface area contributed by atoms with Gasteiger partial charge in [0.2, 0.25) is 5.91 Å². The third kappa shape index (κ3) is 3.91. The number of hydrogen-bond donors (Lipinski definition) is 3. The van der Waals surface area contributed by atoms with E-state index in [-0.39, 0.29) is 5.91 Å². The highest BCUT2D eigenvalue weighted by molar-refractivity contribution is 5.91. The van der Waals surface area contributed by atoms with Gasteiger partial charge in [0.1, 0.15) is 23.8 Å². The van der Waals surface area contributed by atoms with Crippen molar-refractivity contribution in [1.82, 2.24) is 30.2 Å². The predicted molar refractivity (Wildman–Crippen MR) is 112 cm³/mol. The molecule has 3 N–H and O–H groups in total. The number of fused-ring (bicyclic) bond motifs is 1. The zero-order chi connectivity index (χ0) is 20.2. The molecular weight excluding hydrogens is 366 g/mol. The van der Waals surface area contributed by atoms with Crippen molar-refractivity contribution in [2.45, 2.75) is 19.9 Å². The number of nitrogens with one attached hydrogen (secondary N) is 3. The Morgan fingerprint density at radius 2 is 2.03 bits per heavy atom. The van der Waals surface area contributed by atoms with E-state index < -0.39 is 6.04 Å². The summed E-state index contributed by atoms with van der Waals surface area (Å²) in [5.74, 6) is 1.01. The van der Waals surface area contributed by atoms with E-state index in [0.717, 1.165) is 22.2 Å². The lowest BCUT2D eigenvalue weighted by molar-refractivity contribution is -0.121. The van der Waals surface area contributed by atoms with Gasteiger partial charge in [-0.25, -0.2) is 19.9 Å². The van der Waals surface area contributed by atoms with E-state index >= 15 is 0 Å². The van der Waals surface area contributed by atoms with Crippen LogP contribution in [0.15, 0.2) is 55.1 Å². The number of H-pyrrole nitrogens is 1. The molecule has 1 aromatic carbocycles. The average Bonchev–Trinajstić information content (AvgIpc) is 3.18. The number of hydrogen-bond acceptors (Lipinski definition) is 6. The van der Waals surface area contributed by atoms with Crippen LogP contribution in [0.5, 0.6) is 0 Å². The predicted octanol–water partition coefficient (Wildman–Crippen LogP) is 3.02. The first-order valence-corrected chi connectivity index (χ1v) is 9.42. The van der Waals surface area contributed by atoms with Gasteiger partial charge < -0.3 is 15.6 Å². The Morgan fingerprint density at radius 3 is 2.83 bits per heavy atom. The van der Waals surface area contributed by atoms with Crippen molar-refractivity contribution in [2.75, 3.05) is 11.9 Å². The molecule has 8 nitrogen and oxygen atoms in total. The van der Waals surface area contributed by atoms with E-state index in [1.165, 1.54) is 6.33 Å². The Kier molecular flexibility index (Phi) is 5.15. The molecule has 0 spiro atoms. The molecule has 1 amide bonds. The number of likely N-dealkylation sites (N-methyl/N-ethyl adjacent to an activating group) is 1. The maximum atomic E-state index is 12.2. The highest BCUT2D eigenvalue weighted by Gasteiger charge is 2.16. The Bertz CT molecular complexity index is 1140. The van der Waals surface area contributed by atoms with Gasteiger partial charge in [-0.3, -0.25) is 4.79 Å². The van der Waals surface area contributed by atoms with Crippen LogP contribution in [-0.4, -0.2) is 43.4 Å². The second-order valence-corrected chi connectivity index (χ2v) is 6.58. The first-order chi connectivity index (χ1) is 14.2. The second kappa shape index (κ2) is 8.05. The lowest BCUT2D eigenvalue weighted by atomic mass is 10.1. The van der Waals surface area contributed by atoms with Crippen LogP contribution in [0.4, 0.5) is 5.82 Å². The molecule has 0 saturated carbocycles. The summed E-state index contributed by atoms with van der Waals surface area (Å²) in [4.78, 5) is 33.0. The van der Waals surface area contributed by atoms with E-state index in [1.54, 1.807) is 13.1 Å². The lowest BCUT2D eigenvalue weighted by Crippen LogP contribution is -2.37. The molecule has 146 valence electrons. The summed E-state index contributed by atoms with van der Waals surface area (Å²) >= 11 is 0. The smallest absolute Gasteiger partial charge is 0.242 e. The minimum absolute atomic E-state index is 0.0885. The van der Waals surface area contributed by atoms with Crippen LogP contribution < -0.4 is 10.6 Å². The molecule has 0 aliphatic rings. The summed E-state index contributed by atoms with van der Waals surface area (Å²) < 4.78 is 0. The number of benzene rings is 1. The van der Waals surface area contributed by atoms with Crippen LogP contribution in [0.3, 0.4) is 0 Å². The van der Waals surface area contributed by atoms with E-state index in [1.807, 2.05) is 49.5 Å². The average molecular weight is 387 g/mol. The molecule has 1 atom stereocenters. The Balaban J connectivity index is 1.79. The standard InChI is InChI=1S/C21H21N7O/c1-3-23-21(29)13(2)26-18-9-17(14-7-5-4-6-8-14)27-20(28-18)16-11-24-19-15(16)10-22-12-25-19/h4-13H,3H2,1-2H3,(H,23,29)(H,22,24,25)(H,26,27,28)/t13-/m0/s1. The SMILES string of the molecule is CCNC(=O)[C@H](C)Nc1cc(-c2ccccc2)nc(-c2c[nH]c3ncncc23)n1. The molecule has 29 heavy (non-hydrogen) atoms. The minimum Gasteiger partial charge on any atom is -0.358 e. The van der Waals surface area contributed by atoms with Crippen molar-refractivity contribution in [2.24, 2.45) is 0 Å². The zero-order valence-electron chi connectivity index (χ0n) is 16.2. The van der Waals surface area contributed by atoms with Crippen LogP contribution in [-0.2, 0) is 4.79 Å². The summed E-state index contributed by atoms with van der Waals surface area (Å²) in [6, 6.07) is 11.3. The van der Waals surface area contributed by atoms with Gasteiger partial charge in [0.25, 0.3) is 0 Å². The van der Waals surface area contributed by atoms with Gasteiger partial charge in [0.05, 0.1) is 5.69 Å². The fourth-order valence-electron chi connectivity index (χ4n) is 3.06. The van der Waals surface area contributed by atoms with Gasteiger partial charge in [-0.1, -0.05) is 30.3 Å². The van der Waals surface area contributed by atoms with Crippen LogP contribution >= 0.6 is 0 Å². The fourth-order valence-corrected chi connectivity index (χ4v) is 3.06. The quantitative estimate of drug-likeness (QED) is 0.469. The van der Waals surface area contributed by atoms with Crippen molar-refractivity contribution in [3.8, 4) is 22.6 Å². The summed E-state index contributed by atoms with van der Waals surface area (Å²) in [5, 5.41) is 6.83. The molecular formula is C21H21N7O. The van der Waals surface area contributed by atoms with Gasteiger partial charge in [0, 0.05) is 41.5 Å². The Morgan fingerprint density at radius 1 is 1.21 bits per heavy atom. The highest BCUT2D eigenvalue weighted by atomic mass is 16.2. The topological polar surface area (TPSA) is 108 Å². The molecule has 0 fully saturated rings. The van der Waals surface area contributed by atoms with Crippen molar-refractivity contribution in [3.63, 3.8) is 0 Å². The monoisotopic (exact) mass is 387 g/mol. The number of aromatic amines is 1. The molecule has 0 unspecified atom stereocenters. The molecule has 0 bridgehead atoms. The molecule has 3 aromatic heterocycles. The second-order valence-electron chi connectivity index (χ2n) is 6.58. The molecule has 3 heterocycles. The van der Waals surface area contributed by atoms with Gasteiger partial charge in [0.15, 0.2) is 5.82 Å². The molecule has 8 heteroatoms. The Hall–Kier alpha value is -3.81. The minimum atomic E-state index is -0.437. The summed E-state index contributed by atoms with van der Waals surface area (Å²) in [5.41, 5.74) is 3.23. The van der Waals surface area contributed by atoms with E-state index in [0.29, 0.717) is 23.8 Å². The first-order valence-electron chi connectivity index (χ1n) is 9.42. The third-order valence-electron chi connectivity index (χ3n) is 4.50. The van der Waals surface area contributed by atoms with Gasteiger partial charge in [-0.15, -0.1) is 0 Å². The number of anilines is 1. The van der Waals surface area contributed by atoms with Gasteiger partial charge in [-0.05, 0) is 13.8 Å². The largest absolute Gasteiger partial charge is 0.358 e.